The Bertz CT molecular complexity index is 1050. The molecule has 33 heavy (non-hydrogen) atoms. The molecule has 2 amide bonds. The Morgan fingerprint density at radius 1 is 0.848 bits per heavy atom. The number of rotatable bonds is 9. The molecule has 0 heterocycles. The first kappa shape index (κ1) is 23.9. The summed E-state index contributed by atoms with van der Waals surface area (Å²) in [7, 11) is 3.21. The lowest BCUT2D eigenvalue weighted by Gasteiger charge is -2.21. The number of hydrogen-bond donors (Lipinski definition) is 3. The molecule has 3 N–H and O–H groups in total. The minimum absolute atomic E-state index is 0.0181. The number of nitrogens with one attached hydrogen (secondary N) is 3. The average molecular weight is 468 g/mol. The summed E-state index contributed by atoms with van der Waals surface area (Å²) in [4.78, 5) is 24.4. The summed E-state index contributed by atoms with van der Waals surface area (Å²) < 4.78 is 10.5. The fourth-order valence-electron chi connectivity index (χ4n) is 3.30. The van der Waals surface area contributed by atoms with Crippen LogP contribution in [0.1, 0.15) is 24.1 Å². The van der Waals surface area contributed by atoms with Crippen molar-refractivity contribution in [1.29, 1.82) is 0 Å². The van der Waals surface area contributed by atoms with Crippen LogP contribution in [0.25, 0.3) is 0 Å². The Hall–Kier alpha value is -3.71. The highest BCUT2D eigenvalue weighted by atomic mass is 35.5. The van der Waals surface area contributed by atoms with E-state index in [0.717, 1.165) is 22.6 Å². The number of carbonyl (C=O) groups excluding carboxylic acids is 2. The summed E-state index contributed by atoms with van der Waals surface area (Å²) in [6.07, 6.45) is 0. The first-order valence-electron chi connectivity index (χ1n) is 10.3. The fourth-order valence-corrected chi connectivity index (χ4v) is 3.47. The normalized spacial score (nSPS) is 10.5. The van der Waals surface area contributed by atoms with Gasteiger partial charge in [-0.25, -0.2) is 0 Å². The van der Waals surface area contributed by atoms with Crippen LogP contribution in [-0.4, -0.2) is 32.6 Å². The average Bonchev–Trinajstić information content (AvgIpc) is 2.82. The lowest BCUT2D eigenvalue weighted by Crippen LogP contribution is -2.34. The van der Waals surface area contributed by atoms with Crippen LogP contribution in [0.2, 0.25) is 5.02 Å². The SMILES string of the molecule is COc1ccc(C(NC(=O)CNc2cc(Cl)ccc2NC(C)=O)c2ccc(OC)cc2)cc1. The van der Waals surface area contributed by atoms with Crippen molar-refractivity contribution in [3.05, 3.63) is 82.9 Å². The van der Waals surface area contributed by atoms with Crippen molar-refractivity contribution >= 4 is 34.8 Å². The van der Waals surface area contributed by atoms with Crippen LogP contribution in [0.3, 0.4) is 0 Å². The number of anilines is 2. The van der Waals surface area contributed by atoms with Gasteiger partial charge in [-0.1, -0.05) is 35.9 Å². The van der Waals surface area contributed by atoms with Crippen LogP contribution in [0.5, 0.6) is 11.5 Å². The third-order valence-electron chi connectivity index (χ3n) is 4.94. The monoisotopic (exact) mass is 467 g/mol. The molecule has 8 heteroatoms. The van der Waals surface area contributed by atoms with Gasteiger partial charge >= 0.3 is 0 Å². The van der Waals surface area contributed by atoms with E-state index in [1.54, 1.807) is 32.4 Å². The molecule has 0 saturated carbocycles. The van der Waals surface area contributed by atoms with Gasteiger partial charge in [0.25, 0.3) is 0 Å². The summed E-state index contributed by atoms with van der Waals surface area (Å²) in [5.41, 5.74) is 2.90. The summed E-state index contributed by atoms with van der Waals surface area (Å²) in [5.74, 6) is 1.00. The van der Waals surface area contributed by atoms with Crippen LogP contribution < -0.4 is 25.4 Å². The zero-order valence-corrected chi connectivity index (χ0v) is 19.4. The molecule has 0 aliphatic rings. The van der Waals surface area contributed by atoms with Gasteiger partial charge in [-0.05, 0) is 53.6 Å². The van der Waals surface area contributed by atoms with Crippen molar-refractivity contribution in [2.75, 3.05) is 31.4 Å². The molecule has 0 aliphatic carbocycles. The number of ether oxygens (including phenoxy) is 2. The first-order chi connectivity index (χ1) is 15.9. The lowest BCUT2D eigenvalue weighted by atomic mass is 9.98. The van der Waals surface area contributed by atoms with Crippen molar-refractivity contribution in [1.82, 2.24) is 5.32 Å². The molecule has 0 bridgehead atoms. The molecule has 3 aromatic carbocycles. The summed E-state index contributed by atoms with van der Waals surface area (Å²) >= 11 is 6.09. The minimum Gasteiger partial charge on any atom is -0.497 e. The van der Waals surface area contributed by atoms with Gasteiger partial charge in [-0.2, -0.15) is 0 Å². The highest BCUT2D eigenvalue weighted by Crippen LogP contribution is 2.27. The van der Waals surface area contributed by atoms with Crippen molar-refractivity contribution < 1.29 is 19.1 Å². The second-order valence-corrected chi connectivity index (χ2v) is 7.71. The highest BCUT2D eigenvalue weighted by Gasteiger charge is 2.18. The molecule has 0 atom stereocenters. The van der Waals surface area contributed by atoms with E-state index in [1.165, 1.54) is 6.92 Å². The topological polar surface area (TPSA) is 88.7 Å². The van der Waals surface area contributed by atoms with Gasteiger partial charge in [0.05, 0.1) is 38.2 Å². The molecule has 0 aliphatic heterocycles. The molecular formula is C25H26ClN3O4. The summed E-state index contributed by atoms with van der Waals surface area (Å²) in [6, 6.07) is 19.7. The van der Waals surface area contributed by atoms with E-state index in [0.29, 0.717) is 16.4 Å². The van der Waals surface area contributed by atoms with Gasteiger partial charge in [0, 0.05) is 11.9 Å². The quantitative estimate of drug-likeness (QED) is 0.427. The van der Waals surface area contributed by atoms with Crippen LogP contribution in [-0.2, 0) is 9.59 Å². The van der Waals surface area contributed by atoms with E-state index in [-0.39, 0.29) is 24.4 Å². The minimum atomic E-state index is -0.384. The smallest absolute Gasteiger partial charge is 0.240 e. The molecule has 172 valence electrons. The first-order valence-corrected chi connectivity index (χ1v) is 10.7. The Balaban J connectivity index is 1.78. The maximum Gasteiger partial charge on any atom is 0.240 e. The predicted octanol–water partition coefficient (Wildman–Crippen LogP) is 4.63. The predicted molar refractivity (Wildman–Crippen MR) is 130 cm³/mol. The zero-order chi connectivity index (χ0) is 23.8. The fraction of sp³-hybridized carbons (Fsp3) is 0.200. The molecule has 7 nitrogen and oxygen atoms in total. The molecule has 0 spiro atoms. The van der Waals surface area contributed by atoms with Gasteiger partial charge in [0.1, 0.15) is 11.5 Å². The molecular weight excluding hydrogens is 442 g/mol. The van der Waals surface area contributed by atoms with Gasteiger partial charge in [0.2, 0.25) is 11.8 Å². The number of halogens is 1. The van der Waals surface area contributed by atoms with Gasteiger partial charge in [-0.15, -0.1) is 0 Å². The lowest BCUT2D eigenvalue weighted by molar-refractivity contribution is -0.120. The molecule has 0 saturated heterocycles. The molecule has 3 rings (SSSR count). The highest BCUT2D eigenvalue weighted by molar-refractivity contribution is 6.31. The van der Waals surface area contributed by atoms with Crippen molar-refractivity contribution in [2.45, 2.75) is 13.0 Å². The Morgan fingerprint density at radius 3 is 1.88 bits per heavy atom. The van der Waals surface area contributed by atoms with E-state index >= 15 is 0 Å². The second kappa shape index (κ2) is 11.2. The summed E-state index contributed by atoms with van der Waals surface area (Å²) in [6.45, 7) is 1.40. The van der Waals surface area contributed by atoms with E-state index in [1.807, 2.05) is 48.5 Å². The largest absolute Gasteiger partial charge is 0.497 e. The zero-order valence-electron chi connectivity index (χ0n) is 18.6. The van der Waals surface area contributed by atoms with Crippen LogP contribution in [0, 0.1) is 0 Å². The van der Waals surface area contributed by atoms with Crippen molar-refractivity contribution in [3.63, 3.8) is 0 Å². The van der Waals surface area contributed by atoms with Crippen LogP contribution in [0.4, 0.5) is 11.4 Å². The van der Waals surface area contributed by atoms with Crippen LogP contribution >= 0.6 is 11.6 Å². The Morgan fingerprint density at radius 2 is 1.39 bits per heavy atom. The maximum atomic E-state index is 12.9. The second-order valence-electron chi connectivity index (χ2n) is 7.27. The molecule has 0 radical (unpaired) electrons. The maximum absolute atomic E-state index is 12.9. The number of hydrogen-bond acceptors (Lipinski definition) is 5. The number of methoxy groups -OCH3 is 2. The third kappa shape index (κ3) is 6.63. The van der Waals surface area contributed by atoms with Gasteiger partial charge in [0.15, 0.2) is 0 Å². The summed E-state index contributed by atoms with van der Waals surface area (Å²) in [5, 5.41) is 9.33. The van der Waals surface area contributed by atoms with E-state index in [4.69, 9.17) is 21.1 Å². The van der Waals surface area contributed by atoms with Crippen LogP contribution in [0.15, 0.2) is 66.7 Å². The van der Waals surface area contributed by atoms with Gasteiger partial charge in [-0.3, -0.25) is 9.59 Å². The Kier molecular flexibility index (Phi) is 8.16. The van der Waals surface area contributed by atoms with Crippen molar-refractivity contribution in [3.8, 4) is 11.5 Å². The van der Waals surface area contributed by atoms with Gasteiger partial charge < -0.3 is 25.4 Å². The standard InChI is InChI=1S/C25H26ClN3O4/c1-16(30)28-22-13-8-19(26)14-23(22)27-15-24(31)29-25(17-4-9-20(32-2)10-5-17)18-6-11-21(33-3)12-7-18/h4-14,25,27H,15H2,1-3H3,(H,28,30)(H,29,31). The Labute approximate surface area is 198 Å². The third-order valence-corrected chi connectivity index (χ3v) is 5.17. The molecule has 3 aromatic rings. The molecule has 0 fully saturated rings. The number of amides is 2. The van der Waals surface area contributed by atoms with E-state index < -0.39 is 0 Å². The van der Waals surface area contributed by atoms with E-state index in [2.05, 4.69) is 16.0 Å². The molecule has 0 unspecified atom stereocenters. The van der Waals surface area contributed by atoms with E-state index in [9.17, 15) is 9.59 Å². The number of carbonyl (C=O) groups is 2. The number of benzene rings is 3. The molecule has 0 aromatic heterocycles. The van der Waals surface area contributed by atoms with Crippen molar-refractivity contribution in [2.24, 2.45) is 0 Å².